The van der Waals surface area contributed by atoms with Gasteiger partial charge < -0.3 is 9.99 Å². The zero-order valence-corrected chi connectivity index (χ0v) is 12.2. The van der Waals surface area contributed by atoms with E-state index in [4.69, 9.17) is 23.2 Å². The van der Waals surface area contributed by atoms with Crippen LogP contribution in [-0.4, -0.2) is 17.6 Å². The van der Waals surface area contributed by atoms with Crippen molar-refractivity contribution < 1.29 is 8.78 Å². The summed E-state index contributed by atoms with van der Waals surface area (Å²) in [5, 5.41) is 3.15. The van der Waals surface area contributed by atoms with Crippen LogP contribution in [0.4, 0.5) is 20.3 Å². The average molecular weight is 398 g/mol. The van der Waals surface area contributed by atoms with Gasteiger partial charge in [0.25, 0.3) is 6.43 Å². The Labute approximate surface area is 115 Å². The number of anilines is 2. The number of aromatic nitrogens is 1. The van der Waals surface area contributed by atoms with E-state index in [2.05, 4.69) is 10.3 Å². The summed E-state index contributed by atoms with van der Waals surface area (Å²) < 4.78 is 27.0. The third-order valence-corrected chi connectivity index (χ3v) is 4.77. The smallest absolute Gasteiger partial charge is 0.277 e. The summed E-state index contributed by atoms with van der Waals surface area (Å²) >= 11 is 13.7. The number of hydrogen-bond donors (Lipinski definition) is 1. The number of alkyl halides is 2. The maximum atomic E-state index is 12.8. The molecule has 2 rings (SSSR count). The predicted octanol–water partition coefficient (Wildman–Crippen LogP) is 4.16. The Hall–Kier alpha value is 0.350. The summed E-state index contributed by atoms with van der Waals surface area (Å²) in [7, 11) is 0. The first-order valence-electron chi connectivity index (χ1n) is 4.11. The monoisotopic (exact) mass is 397 g/mol. The minimum atomic E-state index is -2.52. The van der Waals surface area contributed by atoms with Gasteiger partial charge in [-0.15, -0.1) is 0 Å². The van der Waals surface area contributed by atoms with Gasteiger partial charge in [0.2, 0.25) is 0 Å². The molecule has 0 aromatic carbocycles. The summed E-state index contributed by atoms with van der Waals surface area (Å²) in [5.41, 5.74) is 0.417. The molecule has 2 unspecified atom stereocenters. The van der Waals surface area contributed by atoms with Crippen LogP contribution in [0.15, 0.2) is 6.07 Å². The van der Waals surface area contributed by atoms with Gasteiger partial charge in [-0.05, 0) is 28.1 Å². The van der Waals surface area contributed by atoms with Gasteiger partial charge in [0.1, 0.15) is 5.15 Å². The summed E-state index contributed by atoms with van der Waals surface area (Å²) in [4.78, 5) is 4.01. The highest BCUT2D eigenvalue weighted by atomic mass is 127. The Bertz CT molecular complexity index is 423. The highest BCUT2D eigenvalue weighted by molar-refractivity contribution is 14.2. The topological polar surface area (TPSA) is 28.2 Å². The highest BCUT2D eigenvalue weighted by Crippen LogP contribution is 2.47. The van der Waals surface area contributed by atoms with E-state index in [1.165, 1.54) is 10.7 Å². The van der Waals surface area contributed by atoms with E-state index >= 15 is 0 Å². The van der Waals surface area contributed by atoms with Crippen LogP contribution in [0, 0.1) is 0 Å². The number of halogens is 5. The normalized spacial score (nSPS) is 19.6. The Morgan fingerprint density at radius 3 is 2.81 bits per heavy atom. The molecule has 0 aliphatic carbocycles. The van der Waals surface area contributed by atoms with E-state index in [9.17, 15) is 8.78 Å². The minimum absolute atomic E-state index is 0.125. The van der Waals surface area contributed by atoms with Gasteiger partial charge in [-0.2, -0.15) is 0 Å². The first-order chi connectivity index (χ1) is 7.54. The zero-order chi connectivity index (χ0) is 11.9. The maximum Gasteiger partial charge on any atom is 0.277 e. The fourth-order valence-corrected chi connectivity index (χ4v) is 3.99. The minimum Gasteiger partial charge on any atom is -0.356 e. The Morgan fingerprint density at radius 1 is 1.56 bits per heavy atom. The van der Waals surface area contributed by atoms with Crippen molar-refractivity contribution in [2.45, 2.75) is 12.6 Å². The molecule has 9 heteroatoms. The third kappa shape index (κ3) is 2.17. The van der Waals surface area contributed by atoms with Gasteiger partial charge in [-0.25, -0.2) is 13.8 Å². The van der Waals surface area contributed by atoms with Crippen LogP contribution in [-0.2, 0) is 0 Å². The molecule has 0 bridgehead atoms. The molecular formula is C7H5Cl2F2IN3P. The fraction of sp³-hybridized carbons (Fsp3) is 0.286. The van der Waals surface area contributed by atoms with Gasteiger partial charge in [0, 0.05) is 6.37 Å². The largest absolute Gasteiger partial charge is 0.356 e. The van der Waals surface area contributed by atoms with Gasteiger partial charge in [-0.1, -0.05) is 23.2 Å². The first-order valence-corrected chi connectivity index (χ1v) is 8.92. The molecule has 3 nitrogen and oxygen atoms in total. The van der Waals surface area contributed by atoms with E-state index in [0.717, 1.165) is 0 Å². The SMILES string of the molecule is FC(F)C1Nc2c(Cl)cc(Cl)nc2N1PI. The highest BCUT2D eigenvalue weighted by Gasteiger charge is 2.37. The maximum absolute atomic E-state index is 12.8. The summed E-state index contributed by atoms with van der Waals surface area (Å²) in [6.07, 6.45) is -3.49. The van der Waals surface area contributed by atoms with Gasteiger partial charge >= 0.3 is 0 Å². The van der Waals surface area contributed by atoms with Crippen molar-refractivity contribution in [2.75, 3.05) is 9.99 Å². The van der Waals surface area contributed by atoms with E-state index in [-0.39, 0.29) is 11.5 Å². The second kappa shape index (κ2) is 4.92. The number of nitrogens with zero attached hydrogens (tertiary/aromatic N) is 2. The molecule has 0 saturated heterocycles. The number of rotatable bonds is 2. The quantitative estimate of drug-likeness (QED) is 0.461. The molecule has 2 heterocycles. The molecule has 1 aliphatic rings. The summed E-state index contributed by atoms with van der Waals surface area (Å²) in [5.74, 6) is 0.385. The zero-order valence-electron chi connectivity index (χ0n) is 7.52. The predicted molar refractivity (Wildman–Crippen MR) is 72.5 cm³/mol. The second-order valence-corrected chi connectivity index (χ2v) is 5.90. The van der Waals surface area contributed by atoms with Crippen LogP contribution in [0.25, 0.3) is 0 Å². The molecule has 88 valence electrons. The van der Waals surface area contributed by atoms with Crippen LogP contribution in [0.3, 0.4) is 0 Å². The first kappa shape index (κ1) is 12.8. The Kier molecular flexibility index (Phi) is 3.93. The van der Waals surface area contributed by atoms with Gasteiger partial charge in [0.15, 0.2) is 12.0 Å². The average Bonchev–Trinajstić information content (AvgIpc) is 2.56. The third-order valence-electron chi connectivity index (χ3n) is 2.05. The molecule has 0 radical (unpaired) electrons. The standard InChI is InChI=1S/C7H5Cl2F2IN3P/c8-2-1-3(9)13-6-4(2)14-7(5(10)11)15(6)16-12/h1,5,7,14,16H. The van der Waals surface area contributed by atoms with E-state index in [1.54, 1.807) is 0 Å². The Morgan fingerprint density at radius 2 is 2.25 bits per heavy atom. The number of fused-ring (bicyclic) bond motifs is 1. The molecular weight excluding hydrogens is 393 g/mol. The second-order valence-electron chi connectivity index (χ2n) is 3.00. The van der Waals surface area contributed by atoms with Crippen LogP contribution >= 0.6 is 51.6 Å². The van der Waals surface area contributed by atoms with Crippen LogP contribution in [0.1, 0.15) is 0 Å². The lowest BCUT2D eigenvalue weighted by Gasteiger charge is -2.22. The molecule has 1 N–H and O–H groups in total. The van der Waals surface area contributed by atoms with E-state index in [0.29, 0.717) is 16.5 Å². The van der Waals surface area contributed by atoms with Crippen LogP contribution in [0.5, 0.6) is 0 Å². The molecule has 0 fully saturated rings. The van der Waals surface area contributed by atoms with Crippen molar-refractivity contribution in [3.05, 3.63) is 16.2 Å². The molecule has 1 aromatic rings. The molecule has 0 spiro atoms. The number of pyridine rings is 1. The van der Waals surface area contributed by atoms with E-state index < -0.39 is 12.6 Å². The number of nitrogens with one attached hydrogen (secondary N) is 1. The number of hydrogen-bond acceptors (Lipinski definition) is 3. The molecule has 16 heavy (non-hydrogen) atoms. The Balaban J connectivity index is 2.46. The lowest BCUT2D eigenvalue weighted by Crippen LogP contribution is -2.35. The molecule has 0 amide bonds. The van der Waals surface area contributed by atoms with Crippen molar-refractivity contribution in [3.63, 3.8) is 0 Å². The molecule has 1 aliphatic heterocycles. The lowest BCUT2D eigenvalue weighted by molar-refractivity contribution is 0.130. The van der Waals surface area contributed by atoms with Crippen LogP contribution < -0.4 is 9.99 Å². The lowest BCUT2D eigenvalue weighted by atomic mass is 10.4. The summed E-state index contributed by atoms with van der Waals surface area (Å²) in [6.45, 7) is 0. The van der Waals surface area contributed by atoms with Crippen LogP contribution in [0.2, 0.25) is 10.2 Å². The molecule has 2 atom stereocenters. The van der Waals surface area contributed by atoms with Crippen molar-refractivity contribution in [3.8, 4) is 0 Å². The van der Waals surface area contributed by atoms with Crippen molar-refractivity contribution in [1.29, 1.82) is 0 Å². The molecule has 1 aromatic heterocycles. The van der Waals surface area contributed by atoms with Crippen molar-refractivity contribution in [2.24, 2.45) is 0 Å². The summed E-state index contributed by atoms with van der Waals surface area (Å²) in [6, 6.07) is 1.43. The van der Waals surface area contributed by atoms with Gasteiger partial charge in [-0.3, -0.25) is 0 Å². The fourth-order valence-electron chi connectivity index (χ4n) is 1.39. The van der Waals surface area contributed by atoms with Crippen molar-refractivity contribution >= 4 is 63.1 Å². The van der Waals surface area contributed by atoms with Gasteiger partial charge in [0.05, 0.1) is 10.7 Å². The van der Waals surface area contributed by atoms with E-state index in [1.807, 2.05) is 22.0 Å². The molecule has 0 saturated carbocycles. The van der Waals surface area contributed by atoms with Crippen molar-refractivity contribution in [1.82, 2.24) is 4.98 Å².